The highest BCUT2D eigenvalue weighted by Gasteiger charge is 2.32. The minimum atomic E-state index is 0.871. The third kappa shape index (κ3) is 2.90. The fourth-order valence-corrected chi connectivity index (χ4v) is 2.92. The summed E-state index contributed by atoms with van der Waals surface area (Å²) in [6.07, 6.45) is 6.99. The van der Waals surface area contributed by atoms with Crippen LogP contribution in [0, 0.1) is 18.8 Å². The Hall–Kier alpha value is -0.820. The molecule has 2 fully saturated rings. The van der Waals surface area contributed by atoms with Gasteiger partial charge in [0.05, 0.1) is 0 Å². The smallest absolute Gasteiger partial charge is 0.00683 e. The van der Waals surface area contributed by atoms with Crippen molar-refractivity contribution >= 4 is 0 Å². The highest BCUT2D eigenvalue weighted by molar-refractivity contribution is 5.23. The molecule has 1 aromatic carbocycles. The van der Waals surface area contributed by atoms with Crippen molar-refractivity contribution in [2.45, 2.75) is 45.1 Å². The van der Waals surface area contributed by atoms with E-state index in [1.54, 1.807) is 0 Å². The Balaban J connectivity index is 1.50. The molecule has 17 heavy (non-hydrogen) atoms. The van der Waals surface area contributed by atoms with Gasteiger partial charge in [0.2, 0.25) is 0 Å². The number of hydrogen-bond donors (Lipinski definition) is 1. The zero-order chi connectivity index (χ0) is 11.7. The minimum Gasteiger partial charge on any atom is -0.314 e. The van der Waals surface area contributed by atoms with Crippen LogP contribution in [-0.4, -0.2) is 12.6 Å². The first-order valence-electron chi connectivity index (χ1n) is 7.10. The molecule has 0 spiro atoms. The van der Waals surface area contributed by atoms with Crippen LogP contribution in [0.15, 0.2) is 24.3 Å². The number of aryl methyl sites for hydroxylation is 1. The molecule has 0 radical (unpaired) electrons. The lowest BCUT2D eigenvalue weighted by atomic mass is 9.70. The quantitative estimate of drug-likeness (QED) is 0.816. The highest BCUT2D eigenvalue weighted by Crippen LogP contribution is 2.37. The second kappa shape index (κ2) is 4.81. The summed E-state index contributed by atoms with van der Waals surface area (Å²) in [6, 6.07) is 9.90. The molecule has 0 saturated heterocycles. The standard InChI is InChI=1S/C16H23N/c1-12-3-2-4-13(9-12)10-14-5-6-15(14)11-17-16-7-8-16/h2-4,9,14-17H,5-8,10-11H2,1H3. The zero-order valence-electron chi connectivity index (χ0n) is 10.8. The Kier molecular flexibility index (Phi) is 3.19. The van der Waals surface area contributed by atoms with E-state index in [9.17, 15) is 0 Å². The lowest BCUT2D eigenvalue weighted by Gasteiger charge is -2.37. The van der Waals surface area contributed by atoms with E-state index < -0.39 is 0 Å². The predicted molar refractivity (Wildman–Crippen MR) is 72.1 cm³/mol. The van der Waals surface area contributed by atoms with Gasteiger partial charge in [0.1, 0.15) is 0 Å². The van der Waals surface area contributed by atoms with Gasteiger partial charge in [0.25, 0.3) is 0 Å². The van der Waals surface area contributed by atoms with Crippen molar-refractivity contribution in [1.29, 1.82) is 0 Å². The monoisotopic (exact) mass is 229 g/mol. The summed E-state index contributed by atoms with van der Waals surface area (Å²) in [5, 5.41) is 3.69. The second-order valence-electron chi connectivity index (χ2n) is 5.97. The molecule has 1 heteroatoms. The number of rotatable bonds is 5. The maximum Gasteiger partial charge on any atom is 0.00683 e. The van der Waals surface area contributed by atoms with Crippen LogP contribution in [0.25, 0.3) is 0 Å². The van der Waals surface area contributed by atoms with Gasteiger partial charge in [0.15, 0.2) is 0 Å². The van der Waals surface area contributed by atoms with Crippen LogP contribution >= 0.6 is 0 Å². The van der Waals surface area contributed by atoms with Gasteiger partial charge in [-0.2, -0.15) is 0 Å². The molecule has 2 aliphatic carbocycles. The minimum absolute atomic E-state index is 0.871. The van der Waals surface area contributed by atoms with Crippen LogP contribution in [0.5, 0.6) is 0 Å². The molecule has 1 nitrogen and oxygen atoms in total. The summed E-state index contributed by atoms with van der Waals surface area (Å²) in [5.41, 5.74) is 2.93. The van der Waals surface area contributed by atoms with Crippen LogP contribution in [0.2, 0.25) is 0 Å². The first kappa shape index (κ1) is 11.3. The van der Waals surface area contributed by atoms with E-state index in [2.05, 4.69) is 36.5 Å². The van der Waals surface area contributed by atoms with E-state index in [1.165, 1.54) is 49.8 Å². The van der Waals surface area contributed by atoms with Gasteiger partial charge in [-0.1, -0.05) is 29.8 Å². The molecule has 2 saturated carbocycles. The number of benzene rings is 1. The molecule has 1 aromatic rings. The molecule has 2 aliphatic rings. The molecular formula is C16H23N. The van der Waals surface area contributed by atoms with Crippen LogP contribution in [0.4, 0.5) is 0 Å². The van der Waals surface area contributed by atoms with Crippen molar-refractivity contribution < 1.29 is 0 Å². The second-order valence-corrected chi connectivity index (χ2v) is 5.97. The fraction of sp³-hybridized carbons (Fsp3) is 0.625. The van der Waals surface area contributed by atoms with E-state index in [-0.39, 0.29) is 0 Å². The molecule has 1 N–H and O–H groups in total. The van der Waals surface area contributed by atoms with E-state index in [0.29, 0.717) is 0 Å². The summed E-state index contributed by atoms with van der Waals surface area (Å²) < 4.78 is 0. The molecule has 3 rings (SSSR count). The lowest BCUT2D eigenvalue weighted by Crippen LogP contribution is -2.37. The van der Waals surface area contributed by atoms with Gasteiger partial charge in [-0.3, -0.25) is 0 Å². The third-order valence-electron chi connectivity index (χ3n) is 4.40. The average molecular weight is 229 g/mol. The van der Waals surface area contributed by atoms with Crippen LogP contribution < -0.4 is 5.32 Å². The van der Waals surface area contributed by atoms with Crippen molar-refractivity contribution in [2.24, 2.45) is 11.8 Å². The van der Waals surface area contributed by atoms with Crippen LogP contribution in [0.3, 0.4) is 0 Å². The molecule has 0 aromatic heterocycles. The van der Waals surface area contributed by atoms with Crippen molar-refractivity contribution in [2.75, 3.05) is 6.54 Å². The lowest BCUT2D eigenvalue weighted by molar-refractivity contribution is 0.170. The van der Waals surface area contributed by atoms with Gasteiger partial charge in [-0.15, -0.1) is 0 Å². The Morgan fingerprint density at radius 1 is 1.12 bits per heavy atom. The van der Waals surface area contributed by atoms with Gasteiger partial charge in [-0.25, -0.2) is 0 Å². The molecule has 0 bridgehead atoms. The molecule has 92 valence electrons. The molecule has 0 heterocycles. The maximum absolute atomic E-state index is 3.69. The van der Waals surface area contributed by atoms with E-state index in [1.807, 2.05) is 0 Å². The topological polar surface area (TPSA) is 12.0 Å². The van der Waals surface area contributed by atoms with Crippen molar-refractivity contribution in [3.05, 3.63) is 35.4 Å². The van der Waals surface area contributed by atoms with Crippen molar-refractivity contribution in [3.63, 3.8) is 0 Å². The largest absolute Gasteiger partial charge is 0.314 e. The number of hydrogen-bond acceptors (Lipinski definition) is 1. The van der Waals surface area contributed by atoms with E-state index in [4.69, 9.17) is 0 Å². The first-order valence-corrected chi connectivity index (χ1v) is 7.10. The molecule has 2 atom stereocenters. The van der Waals surface area contributed by atoms with E-state index in [0.717, 1.165) is 17.9 Å². The van der Waals surface area contributed by atoms with Gasteiger partial charge in [0, 0.05) is 6.04 Å². The third-order valence-corrected chi connectivity index (χ3v) is 4.40. The van der Waals surface area contributed by atoms with Gasteiger partial charge >= 0.3 is 0 Å². The Bertz CT molecular complexity index is 381. The molecule has 2 unspecified atom stereocenters. The summed E-state index contributed by atoms with van der Waals surface area (Å²) in [4.78, 5) is 0. The normalized spacial score (nSPS) is 27.8. The Morgan fingerprint density at radius 2 is 1.94 bits per heavy atom. The van der Waals surface area contributed by atoms with Crippen LogP contribution in [-0.2, 0) is 6.42 Å². The first-order chi connectivity index (χ1) is 8.31. The van der Waals surface area contributed by atoms with Crippen LogP contribution in [0.1, 0.15) is 36.8 Å². The summed E-state index contributed by atoms with van der Waals surface area (Å²) in [5.74, 6) is 1.87. The molecule has 0 amide bonds. The SMILES string of the molecule is Cc1cccc(CC2CCC2CNC2CC2)c1. The zero-order valence-corrected chi connectivity index (χ0v) is 10.8. The van der Waals surface area contributed by atoms with Gasteiger partial charge < -0.3 is 5.32 Å². The summed E-state index contributed by atoms with van der Waals surface area (Å²) >= 11 is 0. The predicted octanol–water partition coefficient (Wildman–Crippen LogP) is 3.32. The molecular weight excluding hydrogens is 206 g/mol. The van der Waals surface area contributed by atoms with Crippen molar-refractivity contribution in [3.8, 4) is 0 Å². The Labute approximate surface area is 105 Å². The highest BCUT2D eigenvalue weighted by atomic mass is 14.9. The van der Waals surface area contributed by atoms with Gasteiger partial charge in [-0.05, 0) is 63.0 Å². The maximum atomic E-state index is 3.69. The average Bonchev–Trinajstić information content (AvgIpc) is 3.09. The van der Waals surface area contributed by atoms with E-state index >= 15 is 0 Å². The van der Waals surface area contributed by atoms with Crippen molar-refractivity contribution in [1.82, 2.24) is 5.32 Å². The fourth-order valence-electron chi connectivity index (χ4n) is 2.92. The summed E-state index contributed by atoms with van der Waals surface area (Å²) in [7, 11) is 0. The molecule has 0 aliphatic heterocycles. The summed E-state index contributed by atoms with van der Waals surface area (Å²) in [6.45, 7) is 3.46. The Morgan fingerprint density at radius 3 is 2.59 bits per heavy atom. The number of nitrogens with one attached hydrogen (secondary N) is 1.